The van der Waals surface area contributed by atoms with E-state index in [0.717, 1.165) is 19.3 Å². The molecule has 1 rings (SSSR count). The quantitative estimate of drug-likeness (QED) is 0.751. The summed E-state index contributed by atoms with van der Waals surface area (Å²) in [4.78, 5) is 13.3. The molecule has 1 heterocycles. The first-order valence-electron chi connectivity index (χ1n) is 6.14. The van der Waals surface area contributed by atoms with Crippen molar-refractivity contribution >= 4 is 5.97 Å². The molecule has 0 bridgehead atoms. The van der Waals surface area contributed by atoms with Crippen molar-refractivity contribution in [3.8, 4) is 0 Å². The highest BCUT2D eigenvalue weighted by Crippen LogP contribution is 2.23. The molecule has 4 nitrogen and oxygen atoms in total. The lowest BCUT2D eigenvalue weighted by molar-refractivity contribution is -0.143. The van der Waals surface area contributed by atoms with Crippen LogP contribution in [0.1, 0.15) is 33.1 Å². The van der Waals surface area contributed by atoms with Crippen LogP contribution in [0.3, 0.4) is 0 Å². The molecule has 3 unspecified atom stereocenters. The predicted octanol–water partition coefficient (Wildman–Crippen LogP) is 1.60. The van der Waals surface area contributed by atoms with Crippen molar-refractivity contribution in [3.63, 3.8) is 0 Å². The van der Waals surface area contributed by atoms with Gasteiger partial charge in [-0.2, -0.15) is 0 Å². The van der Waals surface area contributed by atoms with E-state index in [4.69, 9.17) is 9.84 Å². The normalized spacial score (nSPS) is 27.2. The Hall–Kier alpha value is -0.610. The number of rotatable bonds is 6. The van der Waals surface area contributed by atoms with Gasteiger partial charge in [0.1, 0.15) is 0 Å². The lowest BCUT2D eigenvalue weighted by Crippen LogP contribution is -2.46. The monoisotopic (exact) mass is 229 g/mol. The highest BCUT2D eigenvalue weighted by molar-refractivity contribution is 5.71. The molecule has 0 saturated carbocycles. The Balaban J connectivity index is 2.63. The summed E-state index contributed by atoms with van der Waals surface area (Å²) >= 11 is 0. The van der Waals surface area contributed by atoms with Gasteiger partial charge in [0, 0.05) is 12.1 Å². The minimum absolute atomic E-state index is 0.0361. The van der Waals surface area contributed by atoms with Crippen molar-refractivity contribution in [2.75, 3.05) is 20.3 Å². The number of hydrogen-bond donors (Lipinski definition) is 1. The van der Waals surface area contributed by atoms with Gasteiger partial charge in [-0.25, -0.2) is 0 Å². The molecule has 0 aromatic carbocycles. The zero-order valence-corrected chi connectivity index (χ0v) is 10.5. The fourth-order valence-corrected chi connectivity index (χ4v) is 2.48. The van der Waals surface area contributed by atoms with Gasteiger partial charge >= 0.3 is 5.97 Å². The third-order valence-corrected chi connectivity index (χ3v) is 3.56. The Morgan fingerprint density at radius 2 is 2.19 bits per heavy atom. The van der Waals surface area contributed by atoms with Crippen LogP contribution >= 0.6 is 0 Å². The van der Waals surface area contributed by atoms with Crippen LogP contribution < -0.4 is 0 Å². The first kappa shape index (κ1) is 13.5. The summed E-state index contributed by atoms with van der Waals surface area (Å²) in [5, 5.41) is 9.11. The number of carboxylic acid groups (broad SMARTS) is 1. The summed E-state index contributed by atoms with van der Waals surface area (Å²) in [6.45, 7) is 5.22. The molecule has 0 aromatic heterocycles. The van der Waals surface area contributed by atoms with E-state index in [9.17, 15) is 4.79 Å². The van der Waals surface area contributed by atoms with Crippen LogP contribution in [-0.2, 0) is 9.53 Å². The van der Waals surface area contributed by atoms with E-state index >= 15 is 0 Å². The molecule has 16 heavy (non-hydrogen) atoms. The summed E-state index contributed by atoms with van der Waals surface area (Å²) in [5.41, 5.74) is 0. The van der Waals surface area contributed by atoms with Gasteiger partial charge in [0.05, 0.1) is 19.1 Å². The van der Waals surface area contributed by atoms with Gasteiger partial charge in [0.25, 0.3) is 0 Å². The molecule has 94 valence electrons. The topological polar surface area (TPSA) is 49.8 Å². The lowest BCUT2D eigenvalue weighted by atomic mass is 9.99. The molecule has 3 atom stereocenters. The molecule has 1 fully saturated rings. The summed E-state index contributed by atoms with van der Waals surface area (Å²) in [6.07, 6.45) is 3.32. The Bertz CT molecular complexity index is 232. The second kappa shape index (κ2) is 6.21. The van der Waals surface area contributed by atoms with Crippen molar-refractivity contribution in [1.29, 1.82) is 0 Å². The Morgan fingerprint density at radius 3 is 2.69 bits per heavy atom. The van der Waals surface area contributed by atoms with Gasteiger partial charge in [-0.05, 0) is 19.9 Å². The van der Waals surface area contributed by atoms with Gasteiger partial charge in [0.2, 0.25) is 0 Å². The molecule has 1 aliphatic rings. The fraction of sp³-hybridized carbons (Fsp3) is 0.917. The van der Waals surface area contributed by atoms with E-state index in [1.807, 2.05) is 7.05 Å². The van der Waals surface area contributed by atoms with Gasteiger partial charge in [-0.3, -0.25) is 9.69 Å². The van der Waals surface area contributed by atoms with E-state index in [1.165, 1.54) is 0 Å². The highest BCUT2D eigenvalue weighted by Gasteiger charge is 2.38. The molecule has 0 aromatic rings. The molecular weight excluding hydrogens is 206 g/mol. The molecule has 0 radical (unpaired) electrons. The van der Waals surface area contributed by atoms with E-state index in [1.54, 1.807) is 0 Å². The van der Waals surface area contributed by atoms with Gasteiger partial charge in [0.15, 0.2) is 0 Å². The van der Waals surface area contributed by atoms with Crippen LogP contribution in [0.5, 0.6) is 0 Å². The average Bonchev–Trinajstić information content (AvgIpc) is 2.73. The van der Waals surface area contributed by atoms with Crippen molar-refractivity contribution < 1.29 is 14.6 Å². The van der Waals surface area contributed by atoms with Crippen molar-refractivity contribution in [2.45, 2.75) is 45.2 Å². The second-order valence-corrected chi connectivity index (χ2v) is 4.57. The Kier molecular flexibility index (Phi) is 5.22. The molecule has 0 amide bonds. The third-order valence-electron chi connectivity index (χ3n) is 3.56. The van der Waals surface area contributed by atoms with Gasteiger partial charge in [-0.1, -0.05) is 20.3 Å². The summed E-state index contributed by atoms with van der Waals surface area (Å²) in [7, 11) is 2.03. The summed E-state index contributed by atoms with van der Waals surface area (Å²) < 4.78 is 5.30. The lowest BCUT2D eigenvalue weighted by Gasteiger charge is -2.33. The maximum Gasteiger partial charge on any atom is 0.310 e. The standard InChI is InChI=1S/C12H23NO3/c1-4-6-9(5-2)13(3)11-8-16-7-10(11)12(14)15/h9-11H,4-8H2,1-3H3,(H,14,15). The van der Waals surface area contributed by atoms with Crippen LogP contribution in [0.2, 0.25) is 0 Å². The maximum absolute atomic E-state index is 11.1. The highest BCUT2D eigenvalue weighted by atomic mass is 16.5. The molecular formula is C12H23NO3. The zero-order chi connectivity index (χ0) is 12.1. The first-order valence-corrected chi connectivity index (χ1v) is 6.14. The maximum atomic E-state index is 11.1. The fourth-order valence-electron chi connectivity index (χ4n) is 2.48. The van der Waals surface area contributed by atoms with E-state index in [2.05, 4.69) is 18.7 Å². The summed E-state index contributed by atoms with van der Waals surface area (Å²) in [6, 6.07) is 0.507. The molecule has 1 saturated heterocycles. The minimum atomic E-state index is -0.735. The molecule has 4 heteroatoms. The summed E-state index contributed by atoms with van der Waals surface area (Å²) in [5.74, 6) is -1.10. The van der Waals surface area contributed by atoms with Crippen LogP contribution in [0.25, 0.3) is 0 Å². The second-order valence-electron chi connectivity index (χ2n) is 4.57. The number of carboxylic acids is 1. The number of nitrogens with zero attached hydrogens (tertiary/aromatic N) is 1. The van der Waals surface area contributed by atoms with Gasteiger partial charge in [-0.15, -0.1) is 0 Å². The Morgan fingerprint density at radius 1 is 1.50 bits per heavy atom. The van der Waals surface area contributed by atoms with Crippen molar-refractivity contribution in [3.05, 3.63) is 0 Å². The number of ether oxygens (including phenoxy) is 1. The Labute approximate surface area is 97.6 Å². The number of likely N-dealkylation sites (N-methyl/N-ethyl adjacent to an activating group) is 1. The van der Waals surface area contributed by atoms with Gasteiger partial charge < -0.3 is 9.84 Å². The number of aliphatic carboxylic acids is 1. The van der Waals surface area contributed by atoms with Crippen LogP contribution in [-0.4, -0.2) is 48.3 Å². The third kappa shape index (κ3) is 2.95. The molecule has 1 N–H and O–H groups in total. The van der Waals surface area contributed by atoms with Crippen LogP contribution in [0.4, 0.5) is 0 Å². The predicted molar refractivity (Wildman–Crippen MR) is 62.5 cm³/mol. The van der Waals surface area contributed by atoms with Crippen molar-refractivity contribution in [1.82, 2.24) is 4.90 Å². The molecule has 1 aliphatic heterocycles. The molecule has 0 aliphatic carbocycles. The minimum Gasteiger partial charge on any atom is -0.481 e. The van der Waals surface area contributed by atoms with E-state index in [0.29, 0.717) is 19.3 Å². The van der Waals surface area contributed by atoms with E-state index < -0.39 is 5.97 Å². The van der Waals surface area contributed by atoms with Crippen molar-refractivity contribution in [2.24, 2.45) is 5.92 Å². The zero-order valence-electron chi connectivity index (χ0n) is 10.5. The SMILES string of the molecule is CCCC(CC)N(C)C1COCC1C(=O)O. The largest absolute Gasteiger partial charge is 0.481 e. The van der Waals surface area contributed by atoms with E-state index in [-0.39, 0.29) is 12.0 Å². The smallest absolute Gasteiger partial charge is 0.310 e. The van der Waals surface area contributed by atoms with Crippen LogP contribution in [0.15, 0.2) is 0 Å². The number of carbonyl (C=O) groups is 1. The van der Waals surface area contributed by atoms with Crippen LogP contribution in [0, 0.1) is 5.92 Å². The number of hydrogen-bond acceptors (Lipinski definition) is 3. The molecule has 0 spiro atoms. The first-order chi connectivity index (χ1) is 7.61. The average molecular weight is 229 g/mol.